The van der Waals surface area contributed by atoms with E-state index in [1.807, 2.05) is 0 Å². The van der Waals surface area contributed by atoms with Gasteiger partial charge in [0.1, 0.15) is 0 Å². The molecule has 1 aliphatic heterocycles. The average molecular weight is 668 g/mol. The van der Waals surface area contributed by atoms with Crippen LogP contribution in [-0.4, -0.2) is 165 Å². The van der Waals surface area contributed by atoms with Crippen LogP contribution in [0.4, 0.5) is 5.69 Å². The molecule has 0 aromatic heterocycles. The lowest BCUT2D eigenvalue weighted by atomic mass is 10.0. The first-order valence-electron chi connectivity index (χ1n) is 14.9. The lowest BCUT2D eigenvalue weighted by molar-refractivity contribution is -0.142. The third-order valence-corrected chi connectivity index (χ3v) is 8.29. The van der Waals surface area contributed by atoms with Gasteiger partial charge in [0.25, 0.3) is 0 Å². The Morgan fingerprint density at radius 3 is 1.80 bits per heavy atom. The van der Waals surface area contributed by atoms with Gasteiger partial charge in [-0.05, 0) is 36.3 Å². The normalized spacial score (nSPS) is 17.8. The van der Waals surface area contributed by atoms with Crippen molar-refractivity contribution in [2.75, 3.05) is 88.8 Å². The van der Waals surface area contributed by atoms with Gasteiger partial charge in [-0.3, -0.25) is 49.0 Å². The molecule has 0 aliphatic carbocycles. The zero-order valence-electron chi connectivity index (χ0n) is 25.8. The molecule has 1 aromatic carbocycles. The second-order valence-corrected chi connectivity index (χ2v) is 12.2. The van der Waals surface area contributed by atoms with Crippen molar-refractivity contribution in [1.82, 2.24) is 19.6 Å². The van der Waals surface area contributed by atoms with E-state index < -0.39 is 29.9 Å². The molecule has 0 spiro atoms. The molecule has 46 heavy (non-hydrogen) atoms. The molecular weight excluding hydrogens is 622 g/mol. The summed E-state index contributed by atoms with van der Waals surface area (Å²) in [6.45, 7) is 0.160. The van der Waals surface area contributed by atoms with Gasteiger partial charge >= 0.3 is 23.9 Å². The molecule has 1 saturated heterocycles. The number of benzene rings is 1. The van der Waals surface area contributed by atoms with E-state index in [4.69, 9.17) is 11.1 Å². The highest BCUT2D eigenvalue weighted by Gasteiger charge is 2.27. The third-order valence-electron chi connectivity index (χ3n) is 7.25. The number of hydrogen-bond acceptors (Lipinski definition) is 11. The fourth-order valence-corrected chi connectivity index (χ4v) is 5.83. The van der Waals surface area contributed by atoms with Crippen molar-refractivity contribution in [2.45, 2.75) is 25.3 Å². The van der Waals surface area contributed by atoms with Gasteiger partial charge in [0.05, 0.1) is 37.8 Å². The number of thioether (sulfide) groups is 1. The number of nitrogens with zero attached hydrogens (tertiary/aromatic N) is 4. The number of rotatable bonds is 17. The highest BCUT2D eigenvalue weighted by Crippen LogP contribution is 2.16. The van der Waals surface area contributed by atoms with E-state index in [9.17, 15) is 44.4 Å². The smallest absolute Gasteiger partial charge is 0.317 e. The summed E-state index contributed by atoms with van der Waals surface area (Å²) in [5.41, 5.74) is 6.73. The van der Waals surface area contributed by atoms with Crippen molar-refractivity contribution < 1.29 is 44.4 Å². The molecule has 0 bridgehead atoms. The number of amides is 1. The molecule has 0 unspecified atom stereocenters. The number of hydrogen-bond donors (Lipinski definition) is 7. The van der Waals surface area contributed by atoms with Crippen LogP contribution in [0.25, 0.3) is 0 Å². The van der Waals surface area contributed by atoms with Crippen molar-refractivity contribution in [1.29, 1.82) is 5.41 Å². The fourth-order valence-electron chi connectivity index (χ4n) is 5.08. The first-order chi connectivity index (χ1) is 21.8. The number of carboxylic acids is 4. The minimum atomic E-state index is -1.09. The number of nitrogens with one attached hydrogen (secondary N) is 2. The fraction of sp³-hybridized carbons (Fsp3) is 0.586. The lowest BCUT2D eigenvalue weighted by Gasteiger charge is -2.37. The van der Waals surface area contributed by atoms with E-state index in [1.54, 1.807) is 43.9 Å². The summed E-state index contributed by atoms with van der Waals surface area (Å²) >= 11 is 1.44. The number of carbonyl (C=O) groups is 5. The van der Waals surface area contributed by atoms with Gasteiger partial charge in [-0.1, -0.05) is 12.1 Å². The summed E-state index contributed by atoms with van der Waals surface area (Å²) < 4.78 is 0. The van der Waals surface area contributed by atoms with Crippen LogP contribution in [0.15, 0.2) is 24.3 Å². The SMILES string of the molecule is N=C(N)CCCSCC(=O)Nc1ccc(C[C@H]2CN(CC(=O)O)CCN(CC(=O)O)CCN(CC(=O)O)CCN2CC(=O)O)cc1. The molecule has 1 heterocycles. The summed E-state index contributed by atoms with van der Waals surface area (Å²) in [4.78, 5) is 65.7. The summed E-state index contributed by atoms with van der Waals surface area (Å²) in [5, 5.41) is 48.3. The molecule has 1 amide bonds. The summed E-state index contributed by atoms with van der Waals surface area (Å²) in [7, 11) is 0. The quantitative estimate of drug-likeness (QED) is 0.0632. The molecule has 17 heteroatoms. The van der Waals surface area contributed by atoms with Gasteiger partial charge in [-0.25, -0.2) is 0 Å². The lowest BCUT2D eigenvalue weighted by Crippen LogP contribution is -2.53. The average Bonchev–Trinajstić information content (AvgIpc) is 2.94. The maximum absolute atomic E-state index is 12.3. The van der Waals surface area contributed by atoms with Crippen molar-refractivity contribution >= 4 is 53.1 Å². The molecule has 0 radical (unpaired) electrons. The number of carboxylic acid groups (broad SMARTS) is 4. The molecule has 1 atom stereocenters. The zero-order valence-corrected chi connectivity index (χ0v) is 26.6. The molecule has 256 valence electrons. The van der Waals surface area contributed by atoms with E-state index in [2.05, 4.69) is 5.32 Å². The zero-order chi connectivity index (χ0) is 34.1. The largest absolute Gasteiger partial charge is 0.480 e. The summed E-state index contributed by atoms with van der Waals surface area (Å²) in [5.74, 6) is -3.41. The van der Waals surface area contributed by atoms with Crippen molar-refractivity contribution in [3.63, 3.8) is 0 Å². The number of nitrogens with two attached hydrogens (primary N) is 1. The Bertz CT molecular complexity index is 1190. The first kappa shape index (κ1) is 38.4. The van der Waals surface area contributed by atoms with Crippen LogP contribution < -0.4 is 11.1 Å². The van der Waals surface area contributed by atoms with Gasteiger partial charge in [0.15, 0.2) is 0 Å². The molecule has 1 aliphatic rings. The molecular formula is C29H45N7O9S. The predicted octanol–water partition coefficient (Wildman–Crippen LogP) is -0.454. The number of carbonyl (C=O) groups excluding carboxylic acids is 1. The van der Waals surface area contributed by atoms with Crippen molar-refractivity contribution in [3.8, 4) is 0 Å². The van der Waals surface area contributed by atoms with E-state index in [-0.39, 0.29) is 89.5 Å². The standard InChI is InChI=1S/C29H45N7O9S/c30-24(31)2-1-13-46-20-25(37)32-22-5-3-21(4-6-22)14-23-15-35(18-28(42)43)10-9-33(16-26(38)39)7-8-34(17-27(40)41)11-12-36(23)19-29(44)45/h3-6,23H,1-2,7-20H2,(H3,30,31)(H,32,37)(H,38,39)(H,40,41)(H,42,43)(H,44,45)/t23-/m0/s1. The van der Waals surface area contributed by atoms with E-state index >= 15 is 0 Å². The molecule has 8 N–H and O–H groups in total. The topological polar surface area (TPSA) is 241 Å². The summed E-state index contributed by atoms with van der Waals surface area (Å²) in [6, 6.07) is 6.59. The molecule has 2 rings (SSSR count). The van der Waals surface area contributed by atoms with Crippen LogP contribution in [0.1, 0.15) is 18.4 Å². The minimum Gasteiger partial charge on any atom is -0.480 e. The maximum Gasteiger partial charge on any atom is 0.317 e. The van der Waals surface area contributed by atoms with E-state index in [1.165, 1.54) is 11.8 Å². The number of amidine groups is 1. The van der Waals surface area contributed by atoms with Crippen LogP contribution >= 0.6 is 11.8 Å². The Morgan fingerprint density at radius 1 is 0.783 bits per heavy atom. The van der Waals surface area contributed by atoms with Crippen LogP contribution in [-0.2, 0) is 30.4 Å². The van der Waals surface area contributed by atoms with E-state index in [0.29, 0.717) is 30.7 Å². The molecule has 0 saturated carbocycles. The Morgan fingerprint density at radius 2 is 1.28 bits per heavy atom. The Balaban J connectivity index is 2.25. The van der Waals surface area contributed by atoms with Crippen LogP contribution in [0.3, 0.4) is 0 Å². The Kier molecular flexibility index (Phi) is 17.0. The van der Waals surface area contributed by atoms with Crippen molar-refractivity contribution in [3.05, 3.63) is 29.8 Å². The van der Waals surface area contributed by atoms with Gasteiger partial charge in [-0.15, -0.1) is 0 Å². The van der Waals surface area contributed by atoms with Gasteiger partial charge in [-0.2, -0.15) is 11.8 Å². The second-order valence-electron chi connectivity index (χ2n) is 11.1. The first-order valence-corrected chi connectivity index (χ1v) is 16.0. The molecule has 1 aromatic rings. The number of anilines is 1. The minimum absolute atomic E-state index is 0.116. The predicted molar refractivity (Wildman–Crippen MR) is 172 cm³/mol. The van der Waals surface area contributed by atoms with Gasteiger partial charge < -0.3 is 31.5 Å². The molecule has 1 fully saturated rings. The van der Waals surface area contributed by atoms with E-state index in [0.717, 1.165) is 5.56 Å². The van der Waals surface area contributed by atoms with Crippen LogP contribution in [0.5, 0.6) is 0 Å². The Hall–Kier alpha value is -3.77. The Labute approximate surface area is 272 Å². The van der Waals surface area contributed by atoms with Gasteiger partial charge in [0, 0.05) is 64.0 Å². The third kappa shape index (κ3) is 16.5. The second kappa shape index (κ2) is 20.4. The van der Waals surface area contributed by atoms with Crippen LogP contribution in [0.2, 0.25) is 0 Å². The monoisotopic (exact) mass is 667 g/mol. The highest BCUT2D eigenvalue weighted by atomic mass is 32.2. The highest BCUT2D eigenvalue weighted by molar-refractivity contribution is 7.99. The summed E-state index contributed by atoms with van der Waals surface area (Å²) in [6.07, 6.45) is 1.53. The van der Waals surface area contributed by atoms with Gasteiger partial charge in [0.2, 0.25) is 5.91 Å². The molecule has 16 nitrogen and oxygen atoms in total. The maximum atomic E-state index is 12.3. The number of aliphatic carboxylic acids is 4. The van der Waals surface area contributed by atoms with Crippen LogP contribution in [0, 0.1) is 5.41 Å². The van der Waals surface area contributed by atoms with Crippen molar-refractivity contribution in [2.24, 2.45) is 5.73 Å².